The van der Waals surface area contributed by atoms with Gasteiger partial charge in [0.2, 0.25) is 5.91 Å². The second-order valence-electron chi connectivity index (χ2n) is 3.83. The Morgan fingerprint density at radius 1 is 0.765 bits per heavy atom. The first kappa shape index (κ1) is 11.4. The van der Waals surface area contributed by atoms with Gasteiger partial charge in [0.1, 0.15) is 0 Å². The number of amides is 1. The van der Waals surface area contributed by atoms with E-state index in [0.29, 0.717) is 0 Å². The lowest BCUT2D eigenvalue weighted by Gasteiger charge is -2.10. The number of rotatable bonds is 1. The summed E-state index contributed by atoms with van der Waals surface area (Å²) in [5, 5.41) is 2.57. The Morgan fingerprint density at radius 2 is 1.12 bits per heavy atom. The van der Waals surface area contributed by atoms with E-state index in [0.717, 1.165) is 13.0 Å². The summed E-state index contributed by atoms with van der Waals surface area (Å²) in [6.07, 6.45) is 0.736. The SMILES string of the molecule is O=C1CCN1.c1ccc(-c2ccccc2)cc1. The molecule has 0 saturated carbocycles. The maximum Gasteiger partial charge on any atom is 0.221 e. The molecule has 1 heterocycles. The summed E-state index contributed by atoms with van der Waals surface area (Å²) in [5.41, 5.74) is 2.55. The molecule has 86 valence electrons. The van der Waals surface area contributed by atoms with Crippen molar-refractivity contribution in [3.05, 3.63) is 60.7 Å². The first-order chi connectivity index (χ1) is 8.36. The number of benzene rings is 2. The van der Waals surface area contributed by atoms with E-state index in [2.05, 4.69) is 53.8 Å². The van der Waals surface area contributed by atoms with Crippen LogP contribution in [0.5, 0.6) is 0 Å². The summed E-state index contributed by atoms with van der Waals surface area (Å²) in [6, 6.07) is 20.8. The van der Waals surface area contributed by atoms with Crippen LogP contribution in [-0.2, 0) is 4.79 Å². The average Bonchev–Trinajstić information content (AvgIpc) is 2.39. The van der Waals surface area contributed by atoms with E-state index < -0.39 is 0 Å². The van der Waals surface area contributed by atoms with Gasteiger partial charge in [-0.25, -0.2) is 0 Å². The van der Waals surface area contributed by atoms with Gasteiger partial charge in [-0.15, -0.1) is 0 Å². The number of carbonyl (C=O) groups excluding carboxylic acids is 1. The molecule has 1 N–H and O–H groups in total. The van der Waals surface area contributed by atoms with Gasteiger partial charge >= 0.3 is 0 Å². The molecule has 2 heteroatoms. The molecule has 0 spiro atoms. The van der Waals surface area contributed by atoms with Crippen LogP contribution in [0, 0.1) is 0 Å². The number of hydrogen-bond donors (Lipinski definition) is 1. The van der Waals surface area contributed by atoms with Crippen molar-refractivity contribution in [3.8, 4) is 11.1 Å². The maximum absolute atomic E-state index is 9.79. The van der Waals surface area contributed by atoms with Gasteiger partial charge in [-0.1, -0.05) is 60.7 Å². The zero-order chi connectivity index (χ0) is 11.9. The van der Waals surface area contributed by atoms with Crippen molar-refractivity contribution in [1.82, 2.24) is 5.32 Å². The van der Waals surface area contributed by atoms with Gasteiger partial charge < -0.3 is 5.32 Å². The van der Waals surface area contributed by atoms with E-state index in [1.165, 1.54) is 11.1 Å². The Kier molecular flexibility index (Phi) is 3.92. The molecule has 0 atom stereocenters. The highest BCUT2D eigenvalue weighted by Gasteiger charge is 2.07. The Morgan fingerprint density at radius 3 is 1.35 bits per heavy atom. The summed E-state index contributed by atoms with van der Waals surface area (Å²) < 4.78 is 0. The number of β-lactam (4-membered cyclic amide) rings is 1. The van der Waals surface area contributed by atoms with Crippen LogP contribution in [0.4, 0.5) is 0 Å². The molecule has 2 aromatic carbocycles. The smallest absolute Gasteiger partial charge is 0.221 e. The Balaban J connectivity index is 0.000000181. The third-order valence-electron chi connectivity index (χ3n) is 2.56. The van der Waals surface area contributed by atoms with Gasteiger partial charge in [0.05, 0.1) is 0 Å². The van der Waals surface area contributed by atoms with Crippen LogP contribution < -0.4 is 5.32 Å². The molecular weight excluding hydrogens is 210 g/mol. The van der Waals surface area contributed by atoms with Crippen molar-refractivity contribution in [1.29, 1.82) is 0 Å². The lowest BCUT2D eigenvalue weighted by atomic mass is 10.1. The summed E-state index contributed by atoms with van der Waals surface area (Å²) in [6.45, 7) is 0.888. The van der Waals surface area contributed by atoms with Gasteiger partial charge in [0.25, 0.3) is 0 Å². The third kappa shape index (κ3) is 3.45. The van der Waals surface area contributed by atoms with Crippen molar-refractivity contribution in [2.75, 3.05) is 6.54 Å². The van der Waals surface area contributed by atoms with Crippen LogP contribution in [0.1, 0.15) is 6.42 Å². The molecule has 1 saturated heterocycles. The third-order valence-corrected chi connectivity index (χ3v) is 2.56. The molecule has 2 nitrogen and oxygen atoms in total. The highest BCUT2D eigenvalue weighted by atomic mass is 16.2. The minimum Gasteiger partial charge on any atom is -0.356 e. The zero-order valence-electron chi connectivity index (χ0n) is 9.60. The molecule has 17 heavy (non-hydrogen) atoms. The first-order valence-corrected chi connectivity index (χ1v) is 5.73. The molecule has 2 aromatic rings. The van der Waals surface area contributed by atoms with Crippen molar-refractivity contribution >= 4 is 5.91 Å². The van der Waals surface area contributed by atoms with Crippen molar-refractivity contribution in [3.63, 3.8) is 0 Å². The minimum absolute atomic E-state index is 0.185. The molecule has 0 bridgehead atoms. The fourth-order valence-electron chi connectivity index (χ4n) is 1.49. The van der Waals surface area contributed by atoms with Crippen LogP contribution in [-0.4, -0.2) is 12.5 Å². The van der Waals surface area contributed by atoms with Gasteiger partial charge in [-0.05, 0) is 11.1 Å². The van der Waals surface area contributed by atoms with Crippen molar-refractivity contribution < 1.29 is 4.79 Å². The highest BCUT2D eigenvalue weighted by Crippen LogP contribution is 2.17. The topological polar surface area (TPSA) is 29.1 Å². The zero-order valence-corrected chi connectivity index (χ0v) is 9.60. The van der Waals surface area contributed by atoms with Crippen LogP contribution >= 0.6 is 0 Å². The van der Waals surface area contributed by atoms with Crippen LogP contribution in [0.3, 0.4) is 0 Å². The number of carbonyl (C=O) groups is 1. The fourth-order valence-corrected chi connectivity index (χ4v) is 1.49. The fraction of sp³-hybridized carbons (Fsp3) is 0.133. The summed E-state index contributed by atoms with van der Waals surface area (Å²) in [7, 11) is 0. The highest BCUT2D eigenvalue weighted by molar-refractivity contribution is 5.81. The summed E-state index contributed by atoms with van der Waals surface area (Å²) >= 11 is 0. The second-order valence-corrected chi connectivity index (χ2v) is 3.83. The minimum atomic E-state index is 0.185. The van der Waals surface area contributed by atoms with Crippen LogP contribution in [0.2, 0.25) is 0 Å². The summed E-state index contributed by atoms with van der Waals surface area (Å²) in [5.74, 6) is 0.185. The van der Waals surface area contributed by atoms with Gasteiger partial charge in [-0.2, -0.15) is 0 Å². The lowest BCUT2D eigenvalue weighted by molar-refractivity contribution is -0.125. The Labute approximate surface area is 101 Å². The Hall–Kier alpha value is -2.09. The molecule has 1 aliphatic rings. The van der Waals surface area contributed by atoms with Gasteiger partial charge in [0, 0.05) is 13.0 Å². The lowest BCUT2D eigenvalue weighted by Crippen LogP contribution is -2.37. The van der Waals surface area contributed by atoms with E-state index >= 15 is 0 Å². The molecule has 0 unspecified atom stereocenters. The van der Waals surface area contributed by atoms with Crippen molar-refractivity contribution in [2.45, 2.75) is 6.42 Å². The largest absolute Gasteiger partial charge is 0.356 e. The van der Waals surface area contributed by atoms with E-state index in [1.807, 2.05) is 12.1 Å². The summed E-state index contributed by atoms with van der Waals surface area (Å²) in [4.78, 5) is 9.79. The van der Waals surface area contributed by atoms with Gasteiger partial charge in [0.15, 0.2) is 0 Å². The molecule has 0 aliphatic carbocycles. The van der Waals surface area contributed by atoms with Crippen molar-refractivity contribution in [2.24, 2.45) is 0 Å². The molecule has 1 fully saturated rings. The number of nitrogens with one attached hydrogen (secondary N) is 1. The molecule has 0 radical (unpaired) electrons. The molecule has 1 aliphatic heterocycles. The number of hydrogen-bond acceptors (Lipinski definition) is 1. The normalized spacial score (nSPS) is 12.8. The van der Waals surface area contributed by atoms with Crippen LogP contribution in [0.15, 0.2) is 60.7 Å². The van der Waals surface area contributed by atoms with E-state index in [1.54, 1.807) is 0 Å². The van der Waals surface area contributed by atoms with E-state index in [4.69, 9.17) is 0 Å². The Bertz CT molecular complexity index is 421. The first-order valence-electron chi connectivity index (χ1n) is 5.73. The standard InChI is InChI=1S/C12H10.C3H5NO/c1-3-7-11(8-4-1)12-9-5-2-6-10-12;5-3-1-2-4-3/h1-10H;1-2H2,(H,4,5). The monoisotopic (exact) mass is 225 g/mol. The molecular formula is C15H15NO. The van der Waals surface area contributed by atoms with E-state index in [-0.39, 0.29) is 5.91 Å². The predicted octanol–water partition coefficient (Wildman–Crippen LogP) is 2.86. The predicted molar refractivity (Wildman–Crippen MR) is 69.5 cm³/mol. The van der Waals surface area contributed by atoms with Crippen LogP contribution in [0.25, 0.3) is 11.1 Å². The average molecular weight is 225 g/mol. The molecule has 3 rings (SSSR count). The van der Waals surface area contributed by atoms with E-state index in [9.17, 15) is 4.79 Å². The second kappa shape index (κ2) is 5.85. The molecule has 1 amide bonds. The quantitative estimate of drug-likeness (QED) is 0.743. The van der Waals surface area contributed by atoms with Gasteiger partial charge in [-0.3, -0.25) is 4.79 Å². The maximum atomic E-state index is 9.79. The molecule has 0 aromatic heterocycles.